The van der Waals surface area contributed by atoms with Gasteiger partial charge in [0, 0.05) is 30.6 Å². The van der Waals surface area contributed by atoms with E-state index in [-0.39, 0.29) is 24.2 Å². The fourth-order valence-corrected chi connectivity index (χ4v) is 8.97. The number of hydrogen-bond donors (Lipinski definition) is 3. The Bertz CT molecular complexity index is 1450. The van der Waals surface area contributed by atoms with Gasteiger partial charge in [0.25, 0.3) is 0 Å². The summed E-state index contributed by atoms with van der Waals surface area (Å²) in [7, 11) is 3.13. The number of hydrogen-bond acceptors (Lipinski definition) is 9. The molecule has 2 unspecified atom stereocenters. The summed E-state index contributed by atoms with van der Waals surface area (Å²) in [6, 6.07) is 0.374. The Hall–Kier alpha value is -2.66. The lowest BCUT2D eigenvalue weighted by atomic mass is 9.52. The maximum atomic E-state index is 14.0. The van der Waals surface area contributed by atoms with Crippen molar-refractivity contribution in [1.82, 2.24) is 9.80 Å². The van der Waals surface area contributed by atoms with Gasteiger partial charge in [-0.2, -0.15) is 0 Å². The highest BCUT2D eigenvalue weighted by Crippen LogP contribution is 2.52. The molecule has 44 heavy (non-hydrogen) atoms. The molecule has 10 nitrogen and oxygen atoms in total. The molecule has 5 aliphatic rings. The lowest BCUT2D eigenvalue weighted by Gasteiger charge is -2.52. The highest BCUT2D eigenvalue weighted by Gasteiger charge is 2.69. The summed E-state index contributed by atoms with van der Waals surface area (Å²) in [5, 5.41) is 23.3. The maximum Gasteiger partial charge on any atom is 0.235 e. The first-order chi connectivity index (χ1) is 20.7. The molecule has 1 amide bonds. The van der Waals surface area contributed by atoms with Gasteiger partial charge in [-0.3, -0.25) is 33.8 Å². The second-order valence-electron chi connectivity index (χ2n) is 14.3. The van der Waals surface area contributed by atoms with Crippen molar-refractivity contribution < 1.29 is 34.2 Å². The van der Waals surface area contributed by atoms with E-state index < -0.39 is 64.4 Å². The minimum atomic E-state index is -2.74. The van der Waals surface area contributed by atoms with Crippen LogP contribution in [0.4, 0.5) is 0 Å². The molecule has 0 radical (unpaired) electrons. The number of nitrogens with two attached hydrogens (primary N) is 1. The van der Waals surface area contributed by atoms with E-state index in [9.17, 15) is 34.2 Å². The molecule has 238 valence electrons. The van der Waals surface area contributed by atoms with E-state index in [2.05, 4.69) is 11.8 Å². The summed E-state index contributed by atoms with van der Waals surface area (Å²) >= 11 is 7.03. The average molecular weight is 628 g/mol. The van der Waals surface area contributed by atoms with Gasteiger partial charge in [-0.15, -0.1) is 0 Å². The van der Waals surface area contributed by atoms with Crippen LogP contribution in [0.3, 0.4) is 0 Å². The Balaban J connectivity index is 1.35. The fourth-order valence-electron chi connectivity index (χ4n) is 8.69. The number of carbonyl (C=O) groups is 5. The molecule has 0 saturated heterocycles. The summed E-state index contributed by atoms with van der Waals surface area (Å²) < 4.78 is 0. The maximum absolute atomic E-state index is 14.0. The van der Waals surface area contributed by atoms with E-state index >= 15 is 0 Å². The van der Waals surface area contributed by atoms with Gasteiger partial charge >= 0.3 is 0 Å². The number of rotatable bonds is 9. The summed E-state index contributed by atoms with van der Waals surface area (Å²) in [4.78, 5) is 70.8. The molecule has 11 heteroatoms. The number of primary amides is 1. The van der Waals surface area contributed by atoms with Crippen LogP contribution in [-0.4, -0.2) is 87.9 Å². The Morgan fingerprint density at radius 1 is 1.14 bits per heavy atom. The summed E-state index contributed by atoms with van der Waals surface area (Å²) in [6.45, 7) is 4.67. The number of phenols is 1. The van der Waals surface area contributed by atoms with Crippen molar-refractivity contribution in [1.29, 1.82) is 0 Å². The first kappa shape index (κ1) is 31.3. The van der Waals surface area contributed by atoms with Gasteiger partial charge in [-0.25, -0.2) is 0 Å². The molecule has 0 heterocycles. The standard InChI is InChI=1S/C33H42ClN3O7/c1-4-32(8-5-9-32)15-37(13-16-6-7-16)14-18-12-21(38)23-19(25(18)34)10-17-11-20-26(36(2)3)28(40)24(31(35)43)30(42)33(20,44)29(41)22(17)27(23)39/h12,16-17,20,22,24,26,38,44H,4-11,13-15H2,1-3H3,(H2,35,43)/t17-,20-,22?,24?,26-,33-/m0/s1. The number of carbonyl (C=O) groups excluding carboxylic acids is 5. The molecule has 1 aromatic rings. The highest BCUT2D eigenvalue weighted by molar-refractivity contribution is 6.34. The number of fused-ring (bicyclic) bond motifs is 3. The molecule has 0 aromatic heterocycles. The third-order valence-electron chi connectivity index (χ3n) is 11.4. The topological polar surface area (TPSA) is 158 Å². The third-order valence-corrected chi connectivity index (χ3v) is 11.9. The van der Waals surface area contributed by atoms with E-state index in [4.69, 9.17) is 17.3 Å². The number of phenolic OH excluding ortho intramolecular Hbond substituents is 1. The van der Waals surface area contributed by atoms with Crippen LogP contribution in [0.15, 0.2) is 6.07 Å². The molecule has 4 N–H and O–H groups in total. The Kier molecular flexibility index (Phi) is 7.83. The van der Waals surface area contributed by atoms with Gasteiger partial charge in [-0.1, -0.05) is 24.9 Å². The minimum Gasteiger partial charge on any atom is -0.507 e. The predicted octanol–water partition coefficient (Wildman–Crippen LogP) is 2.31. The predicted molar refractivity (Wildman–Crippen MR) is 161 cm³/mol. The summed E-state index contributed by atoms with van der Waals surface area (Å²) in [5.74, 6) is -9.93. The highest BCUT2D eigenvalue weighted by atomic mass is 35.5. The summed E-state index contributed by atoms with van der Waals surface area (Å²) in [5.41, 5.74) is 4.05. The third kappa shape index (κ3) is 4.75. The zero-order chi connectivity index (χ0) is 31.9. The monoisotopic (exact) mass is 627 g/mol. The number of Topliss-reactive ketones (excluding diaryl/α,β-unsaturated/α-hetero) is 4. The Morgan fingerprint density at radius 3 is 2.36 bits per heavy atom. The van der Waals surface area contributed by atoms with Crippen molar-refractivity contribution in [3.8, 4) is 5.75 Å². The second kappa shape index (κ2) is 11.0. The molecule has 0 bridgehead atoms. The van der Waals surface area contributed by atoms with Crippen molar-refractivity contribution >= 4 is 40.6 Å². The lowest BCUT2D eigenvalue weighted by molar-refractivity contribution is -0.181. The van der Waals surface area contributed by atoms with Crippen molar-refractivity contribution in [2.45, 2.75) is 76.5 Å². The molecular weight excluding hydrogens is 586 g/mol. The van der Waals surface area contributed by atoms with Crippen molar-refractivity contribution in [3.63, 3.8) is 0 Å². The van der Waals surface area contributed by atoms with Crippen molar-refractivity contribution in [2.75, 3.05) is 27.2 Å². The average Bonchev–Trinajstić information content (AvgIpc) is 3.74. The van der Waals surface area contributed by atoms with Gasteiger partial charge < -0.3 is 15.9 Å². The number of aromatic hydroxyl groups is 1. The molecule has 4 saturated carbocycles. The molecule has 5 aliphatic carbocycles. The SMILES string of the molecule is CCC1(CN(Cc2cc(O)c3c(c2Cl)C[C@H]2C[C@H]4[C@H](N(C)C)C(=O)C(C(N)=O)C(=O)[C@@]4(O)C(=O)C2C3=O)CC2CC2)CCC1. The molecule has 6 atom stereocenters. The van der Waals surface area contributed by atoms with Gasteiger partial charge in [0.1, 0.15) is 5.75 Å². The number of benzene rings is 1. The van der Waals surface area contributed by atoms with Crippen LogP contribution < -0.4 is 5.73 Å². The molecule has 1 aromatic carbocycles. The molecule has 4 fully saturated rings. The first-order valence-electron chi connectivity index (χ1n) is 15.8. The number of halogens is 1. The molecule has 0 aliphatic heterocycles. The molecule has 6 rings (SSSR count). The lowest BCUT2D eigenvalue weighted by Crippen LogP contribution is -2.74. The van der Waals surface area contributed by atoms with Crippen LogP contribution in [-0.2, 0) is 32.1 Å². The van der Waals surface area contributed by atoms with Crippen molar-refractivity contribution in [3.05, 3.63) is 27.8 Å². The number of aliphatic hydroxyl groups is 1. The largest absolute Gasteiger partial charge is 0.507 e. The number of ketones is 4. The van der Waals surface area contributed by atoms with E-state index in [0.717, 1.165) is 25.1 Å². The first-order valence-corrected chi connectivity index (χ1v) is 16.2. The van der Waals surface area contributed by atoms with Gasteiger partial charge in [0.05, 0.1) is 17.5 Å². The van der Waals surface area contributed by atoms with Crippen LogP contribution in [0, 0.1) is 35.0 Å². The Morgan fingerprint density at radius 2 is 1.82 bits per heavy atom. The quantitative estimate of drug-likeness (QED) is 0.349. The zero-order valence-electron chi connectivity index (χ0n) is 25.6. The summed E-state index contributed by atoms with van der Waals surface area (Å²) in [6.07, 6.45) is 7.31. The zero-order valence-corrected chi connectivity index (χ0v) is 26.4. The second-order valence-corrected chi connectivity index (χ2v) is 14.7. The van der Waals surface area contributed by atoms with Gasteiger partial charge in [-0.05, 0) is 93.5 Å². The minimum absolute atomic E-state index is 0.00195. The van der Waals surface area contributed by atoms with Crippen LogP contribution in [0.5, 0.6) is 5.75 Å². The van der Waals surface area contributed by atoms with Crippen LogP contribution in [0.25, 0.3) is 0 Å². The molecular formula is C33H42ClN3O7. The smallest absolute Gasteiger partial charge is 0.235 e. The van der Waals surface area contributed by atoms with E-state index in [1.807, 2.05) is 0 Å². The van der Waals surface area contributed by atoms with Crippen LogP contribution in [0.2, 0.25) is 5.02 Å². The molecule has 0 spiro atoms. The van der Waals surface area contributed by atoms with Crippen LogP contribution in [0.1, 0.15) is 73.4 Å². The number of likely N-dealkylation sites (N-methyl/N-ethyl adjacent to an activating group) is 1. The number of nitrogens with zero attached hydrogens (tertiary/aromatic N) is 2. The fraction of sp³-hybridized carbons (Fsp3) is 0.667. The van der Waals surface area contributed by atoms with Gasteiger partial charge in [0.2, 0.25) is 5.91 Å². The Labute approximate surface area is 262 Å². The van der Waals surface area contributed by atoms with E-state index in [0.29, 0.717) is 28.5 Å². The normalized spacial score (nSPS) is 32.8. The number of amides is 1. The van der Waals surface area contributed by atoms with E-state index in [1.54, 1.807) is 14.1 Å². The van der Waals surface area contributed by atoms with Crippen molar-refractivity contribution in [2.24, 2.45) is 40.7 Å². The van der Waals surface area contributed by atoms with Gasteiger partial charge in [0.15, 0.2) is 34.7 Å². The van der Waals surface area contributed by atoms with Crippen LogP contribution >= 0.6 is 11.6 Å². The van der Waals surface area contributed by atoms with E-state index in [1.165, 1.54) is 43.1 Å².